The molecule has 1 amide bonds. The van der Waals surface area contributed by atoms with Crippen LogP contribution >= 0.6 is 0 Å². The van der Waals surface area contributed by atoms with Crippen LogP contribution in [0.1, 0.15) is 72.1 Å². The van der Waals surface area contributed by atoms with Crippen LogP contribution in [-0.4, -0.2) is 43.0 Å². The number of carbonyl (C=O) groups excluding carboxylic acids is 1. The first kappa shape index (κ1) is 18.5. The summed E-state index contributed by atoms with van der Waals surface area (Å²) in [4.78, 5) is 11.8. The Labute approximate surface area is 140 Å². The molecule has 2 aliphatic carbocycles. The van der Waals surface area contributed by atoms with Crippen LogP contribution in [0.25, 0.3) is 0 Å². The van der Waals surface area contributed by atoms with Crippen LogP contribution in [0, 0.1) is 0 Å². The summed E-state index contributed by atoms with van der Waals surface area (Å²) in [7, 11) is 1.82. The Bertz CT molecular complexity index is 373. The van der Waals surface area contributed by atoms with Crippen LogP contribution in [0.2, 0.25) is 0 Å². The van der Waals surface area contributed by atoms with E-state index in [9.17, 15) is 4.79 Å². The molecule has 0 aliphatic heterocycles. The monoisotopic (exact) mass is 326 g/mol. The van der Waals surface area contributed by atoms with Gasteiger partial charge in [-0.05, 0) is 72.1 Å². The number of hydrogen-bond donors (Lipinski definition) is 2. The molecule has 0 saturated heterocycles. The van der Waals surface area contributed by atoms with Crippen molar-refractivity contribution >= 4 is 6.09 Å². The molecule has 5 nitrogen and oxygen atoms in total. The number of hydrogen-bond acceptors (Lipinski definition) is 4. The highest BCUT2D eigenvalue weighted by Crippen LogP contribution is 2.24. The number of amides is 1. The molecular formula is C18H34N2O3. The van der Waals surface area contributed by atoms with Gasteiger partial charge in [0, 0.05) is 25.2 Å². The van der Waals surface area contributed by atoms with Gasteiger partial charge < -0.3 is 20.1 Å². The van der Waals surface area contributed by atoms with Gasteiger partial charge in [0.2, 0.25) is 0 Å². The van der Waals surface area contributed by atoms with Crippen LogP contribution in [-0.2, 0) is 9.47 Å². The molecule has 0 aromatic heterocycles. The molecule has 2 unspecified atom stereocenters. The lowest BCUT2D eigenvalue weighted by atomic mass is 9.88. The van der Waals surface area contributed by atoms with E-state index in [1.165, 1.54) is 19.3 Å². The first-order valence-corrected chi connectivity index (χ1v) is 9.14. The lowest BCUT2D eigenvalue weighted by Gasteiger charge is -2.35. The van der Waals surface area contributed by atoms with Crippen molar-refractivity contribution in [3.05, 3.63) is 0 Å². The summed E-state index contributed by atoms with van der Waals surface area (Å²) in [5, 5.41) is 6.82. The second kappa shape index (κ2) is 8.34. The number of alkyl carbamates (subject to hydrolysis) is 1. The van der Waals surface area contributed by atoms with Crippen molar-refractivity contribution in [3.63, 3.8) is 0 Å². The largest absolute Gasteiger partial charge is 0.444 e. The van der Waals surface area contributed by atoms with Gasteiger partial charge in [0.15, 0.2) is 0 Å². The van der Waals surface area contributed by atoms with E-state index in [4.69, 9.17) is 9.47 Å². The molecule has 2 saturated carbocycles. The van der Waals surface area contributed by atoms with Crippen molar-refractivity contribution in [2.75, 3.05) is 7.11 Å². The van der Waals surface area contributed by atoms with Crippen molar-refractivity contribution in [2.45, 2.75) is 102 Å². The van der Waals surface area contributed by atoms with E-state index < -0.39 is 5.60 Å². The van der Waals surface area contributed by atoms with Crippen LogP contribution in [0.15, 0.2) is 0 Å². The van der Waals surface area contributed by atoms with Gasteiger partial charge >= 0.3 is 6.09 Å². The summed E-state index contributed by atoms with van der Waals surface area (Å²) >= 11 is 0. The maximum absolute atomic E-state index is 11.8. The number of nitrogens with one attached hydrogen (secondary N) is 2. The second-order valence-corrected chi connectivity index (χ2v) is 8.08. The Morgan fingerprint density at radius 1 is 0.957 bits per heavy atom. The Morgan fingerprint density at radius 3 is 2.22 bits per heavy atom. The zero-order chi connectivity index (χ0) is 16.9. The molecule has 0 radical (unpaired) electrons. The molecule has 23 heavy (non-hydrogen) atoms. The van der Waals surface area contributed by atoms with E-state index in [2.05, 4.69) is 10.6 Å². The molecule has 5 heteroatoms. The second-order valence-electron chi connectivity index (χ2n) is 8.08. The maximum atomic E-state index is 11.8. The molecule has 0 heterocycles. The molecule has 0 aromatic rings. The van der Waals surface area contributed by atoms with Crippen molar-refractivity contribution in [3.8, 4) is 0 Å². The van der Waals surface area contributed by atoms with Crippen molar-refractivity contribution in [2.24, 2.45) is 0 Å². The van der Waals surface area contributed by atoms with E-state index in [1.54, 1.807) is 0 Å². The Kier molecular flexibility index (Phi) is 6.72. The van der Waals surface area contributed by atoms with Crippen molar-refractivity contribution in [1.82, 2.24) is 10.6 Å². The minimum Gasteiger partial charge on any atom is -0.444 e. The zero-order valence-electron chi connectivity index (χ0n) is 15.2. The SMILES string of the molecule is COC1CCCC(NC2CCC(NC(=O)OC(C)(C)C)CC2)C1. The first-order valence-electron chi connectivity index (χ1n) is 9.14. The van der Waals surface area contributed by atoms with Gasteiger partial charge in [-0.1, -0.05) is 0 Å². The lowest BCUT2D eigenvalue weighted by Crippen LogP contribution is -2.47. The predicted octanol–water partition coefficient (Wildman–Crippen LogP) is 3.37. The van der Waals surface area contributed by atoms with Crippen molar-refractivity contribution in [1.29, 1.82) is 0 Å². The molecule has 2 N–H and O–H groups in total. The van der Waals surface area contributed by atoms with Gasteiger partial charge in [-0.2, -0.15) is 0 Å². The summed E-state index contributed by atoms with van der Waals surface area (Å²) in [5.41, 5.74) is -0.429. The van der Waals surface area contributed by atoms with Crippen LogP contribution in [0.3, 0.4) is 0 Å². The Morgan fingerprint density at radius 2 is 1.61 bits per heavy atom. The fourth-order valence-corrected chi connectivity index (χ4v) is 3.72. The van der Waals surface area contributed by atoms with Crippen LogP contribution in [0.5, 0.6) is 0 Å². The summed E-state index contributed by atoms with van der Waals surface area (Å²) in [6, 6.07) is 1.42. The van der Waals surface area contributed by atoms with Gasteiger partial charge in [-0.3, -0.25) is 0 Å². The zero-order valence-corrected chi connectivity index (χ0v) is 15.2. The highest BCUT2D eigenvalue weighted by atomic mass is 16.6. The van der Waals surface area contributed by atoms with Crippen LogP contribution < -0.4 is 10.6 Å². The highest BCUT2D eigenvalue weighted by Gasteiger charge is 2.28. The van der Waals surface area contributed by atoms with Gasteiger partial charge in [0.25, 0.3) is 0 Å². The minimum absolute atomic E-state index is 0.251. The quantitative estimate of drug-likeness (QED) is 0.831. The maximum Gasteiger partial charge on any atom is 0.407 e. The standard InChI is InChI=1S/C18H34N2O3/c1-18(2,3)23-17(21)20-14-10-8-13(9-11-14)19-15-6-5-7-16(12-15)22-4/h13-16,19H,5-12H2,1-4H3,(H,20,21). The molecule has 0 bridgehead atoms. The normalized spacial score (nSPS) is 32.3. The van der Waals surface area contributed by atoms with E-state index in [1.807, 2.05) is 27.9 Å². The average Bonchev–Trinajstić information content (AvgIpc) is 2.47. The van der Waals surface area contributed by atoms with Gasteiger partial charge in [-0.15, -0.1) is 0 Å². The van der Waals surface area contributed by atoms with Gasteiger partial charge in [0.1, 0.15) is 5.60 Å². The third-order valence-corrected chi connectivity index (χ3v) is 4.88. The molecule has 2 atom stereocenters. The number of ether oxygens (including phenoxy) is 2. The molecular weight excluding hydrogens is 292 g/mol. The summed E-state index contributed by atoms with van der Waals surface area (Å²) < 4.78 is 10.8. The van der Waals surface area contributed by atoms with Gasteiger partial charge in [0.05, 0.1) is 6.10 Å². The predicted molar refractivity (Wildman–Crippen MR) is 91.6 cm³/mol. The molecule has 2 rings (SSSR count). The number of methoxy groups -OCH3 is 1. The first-order chi connectivity index (χ1) is 10.9. The van der Waals surface area contributed by atoms with E-state index in [0.29, 0.717) is 18.2 Å². The minimum atomic E-state index is -0.429. The molecule has 0 spiro atoms. The number of rotatable bonds is 4. The average molecular weight is 326 g/mol. The molecule has 2 fully saturated rings. The Hall–Kier alpha value is -0.810. The van der Waals surface area contributed by atoms with E-state index in [-0.39, 0.29) is 12.1 Å². The summed E-state index contributed by atoms with van der Waals surface area (Å²) in [6.45, 7) is 5.68. The Balaban J connectivity index is 1.66. The highest BCUT2D eigenvalue weighted by molar-refractivity contribution is 5.68. The fraction of sp³-hybridized carbons (Fsp3) is 0.944. The third-order valence-electron chi connectivity index (χ3n) is 4.88. The van der Waals surface area contributed by atoms with Gasteiger partial charge in [-0.25, -0.2) is 4.79 Å². The lowest BCUT2D eigenvalue weighted by molar-refractivity contribution is 0.0475. The number of carbonyl (C=O) groups is 1. The summed E-state index contributed by atoms with van der Waals surface area (Å²) in [5.74, 6) is 0. The molecule has 0 aromatic carbocycles. The third kappa shape index (κ3) is 6.68. The van der Waals surface area contributed by atoms with Crippen molar-refractivity contribution < 1.29 is 14.3 Å². The van der Waals surface area contributed by atoms with Crippen LogP contribution in [0.4, 0.5) is 4.79 Å². The smallest absolute Gasteiger partial charge is 0.407 e. The topological polar surface area (TPSA) is 59.6 Å². The molecule has 134 valence electrons. The van der Waals surface area contributed by atoms with E-state index >= 15 is 0 Å². The van der Waals surface area contributed by atoms with E-state index in [0.717, 1.165) is 32.1 Å². The summed E-state index contributed by atoms with van der Waals surface area (Å²) in [6.07, 6.45) is 9.27. The fourth-order valence-electron chi connectivity index (χ4n) is 3.72. The molecule has 2 aliphatic rings.